The summed E-state index contributed by atoms with van der Waals surface area (Å²) in [5.41, 5.74) is 0. The average Bonchev–Trinajstić information content (AvgIpc) is 2.89. The molecule has 15 heteroatoms. The Labute approximate surface area is 208 Å². The molecule has 3 aliphatic rings. The maximum atomic E-state index is 10.7. The highest BCUT2D eigenvalue weighted by atomic mass is 16.7. The Kier molecular flexibility index (Phi) is 12.3. The van der Waals surface area contributed by atoms with Gasteiger partial charge in [0.1, 0.15) is 61.0 Å². The summed E-state index contributed by atoms with van der Waals surface area (Å²) in [5, 5.41) is 99.7. The lowest BCUT2D eigenvalue weighted by Gasteiger charge is -2.48. The lowest BCUT2D eigenvalue weighted by molar-refractivity contribution is -0.374. The predicted molar refractivity (Wildman–Crippen MR) is 116 cm³/mol. The second-order valence-corrected chi connectivity index (χ2v) is 8.70. The van der Waals surface area contributed by atoms with Crippen LogP contribution in [0, 0.1) is 5.92 Å². The summed E-state index contributed by atoms with van der Waals surface area (Å²) >= 11 is 0. The van der Waals surface area contributed by atoms with E-state index in [1.165, 1.54) is 6.92 Å². The molecule has 0 aromatic rings. The zero-order valence-corrected chi connectivity index (χ0v) is 20.3. The molecule has 0 spiro atoms. The highest BCUT2D eigenvalue weighted by Crippen LogP contribution is 2.33. The van der Waals surface area contributed by atoms with Gasteiger partial charge in [-0.25, -0.2) is 0 Å². The zero-order valence-electron chi connectivity index (χ0n) is 20.3. The van der Waals surface area contributed by atoms with Crippen molar-refractivity contribution in [2.24, 2.45) is 5.92 Å². The van der Waals surface area contributed by atoms with E-state index in [0.29, 0.717) is 0 Å². The molecule has 3 fully saturated rings. The minimum absolute atomic E-state index is 0.630. The van der Waals surface area contributed by atoms with Gasteiger partial charge < -0.3 is 74.7 Å². The molecule has 0 bridgehead atoms. The fraction of sp³-hybridized carbons (Fsp3) is 1.00. The van der Waals surface area contributed by atoms with Crippen molar-refractivity contribution in [2.75, 3.05) is 19.8 Å². The van der Waals surface area contributed by atoms with Crippen LogP contribution in [0.2, 0.25) is 0 Å². The molecule has 0 aliphatic carbocycles. The maximum Gasteiger partial charge on any atom is 0.187 e. The largest absolute Gasteiger partial charge is 0.394 e. The van der Waals surface area contributed by atoms with Crippen LogP contribution in [0.4, 0.5) is 0 Å². The van der Waals surface area contributed by atoms with Crippen LogP contribution in [0.5, 0.6) is 0 Å². The van der Waals surface area contributed by atoms with E-state index in [-0.39, 0.29) is 0 Å². The summed E-state index contributed by atoms with van der Waals surface area (Å²) in [6, 6.07) is 0. The van der Waals surface area contributed by atoms with Crippen molar-refractivity contribution < 1.29 is 74.7 Å². The SMILES string of the molecule is CC.CC1C(OC2C(CO)OC(OC3C(CO)OC(O)C(O)C3O)C(O)C2O)OC(CO)C(O)C1O. The predicted octanol–water partition coefficient (Wildman–Crippen LogP) is -5.27. The van der Waals surface area contributed by atoms with E-state index in [9.17, 15) is 51.1 Å². The van der Waals surface area contributed by atoms with Crippen LogP contribution < -0.4 is 0 Å². The van der Waals surface area contributed by atoms with Crippen molar-refractivity contribution in [2.45, 2.75) is 107 Å². The lowest BCUT2D eigenvalue weighted by Crippen LogP contribution is -2.65. The normalized spacial score (nSPS) is 49.8. The van der Waals surface area contributed by atoms with E-state index < -0.39 is 112 Å². The van der Waals surface area contributed by atoms with E-state index >= 15 is 0 Å². The van der Waals surface area contributed by atoms with Crippen molar-refractivity contribution in [3.8, 4) is 0 Å². The maximum absolute atomic E-state index is 10.7. The number of aliphatic hydroxyl groups is 10. The zero-order chi connectivity index (χ0) is 27.3. The van der Waals surface area contributed by atoms with Gasteiger partial charge in [-0.15, -0.1) is 0 Å². The number of ether oxygens (including phenoxy) is 5. The fourth-order valence-electron chi connectivity index (χ4n) is 4.25. The van der Waals surface area contributed by atoms with Crippen LogP contribution in [-0.2, 0) is 23.7 Å². The van der Waals surface area contributed by atoms with Crippen molar-refractivity contribution >= 4 is 0 Å². The van der Waals surface area contributed by atoms with E-state index in [0.717, 1.165) is 0 Å². The van der Waals surface area contributed by atoms with Crippen LogP contribution in [-0.4, -0.2) is 157 Å². The van der Waals surface area contributed by atoms with Crippen LogP contribution in [0.25, 0.3) is 0 Å². The highest BCUT2D eigenvalue weighted by Gasteiger charge is 2.52. The van der Waals surface area contributed by atoms with Crippen molar-refractivity contribution in [1.29, 1.82) is 0 Å². The quantitative estimate of drug-likeness (QED) is 0.147. The Morgan fingerprint density at radius 3 is 1.50 bits per heavy atom. The number of rotatable bonds is 7. The number of hydrogen-bond acceptors (Lipinski definition) is 15. The summed E-state index contributed by atoms with van der Waals surface area (Å²) < 4.78 is 27.1. The lowest BCUT2D eigenvalue weighted by atomic mass is 9.92. The van der Waals surface area contributed by atoms with Crippen LogP contribution in [0.1, 0.15) is 20.8 Å². The molecule has 36 heavy (non-hydrogen) atoms. The topological polar surface area (TPSA) is 248 Å². The molecular weight excluding hydrogens is 492 g/mol. The van der Waals surface area contributed by atoms with Gasteiger partial charge in [0, 0.05) is 5.92 Å². The molecular formula is C21H40O15. The molecule has 3 aliphatic heterocycles. The minimum atomic E-state index is -1.83. The van der Waals surface area contributed by atoms with E-state index in [2.05, 4.69) is 0 Å². The second kappa shape index (κ2) is 14.0. The minimum Gasteiger partial charge on any atom is -0.394 e. The summed E-state index contributed by atoms with van der Waals surface area (Å²) in [4.78, 5) is 0. The molecule has 3 heterocycles. The van der Waals surface area contributed by atoms with Crippen LogP contribution >= 0.6 is 0 Å². The van der Waals surface area contributed by atoms with Gasteiger partial charge in [-0.3, -0.25) is 0 Å². The van der Waals surface area contributed by atoms with Gasteiger partial charge in [-0.05, 0) is 0 Å². The first kappa shape index (κ1) is 31.6. The fourth-order valence-corrected chi connectivity index (χ4v) is 4.25. The number of aliphatic hydroxyl groups excluding tert-OH is 10. The molecule has 0 saturated carbocycles. The van der Waals surface area contributed by atoms with Crippen LogP contribution in [0.3, 0.4) is 0 Å². The third kappa shape index (κ3) is 6.51. The molecule has 0 amide bonds. The standard InChI is InChI=1S/C19H34O15.C2H6/c1-5-9(23)10(24)6(2-20)31-18(5)33-16-8(4-22)32-19(14(28)12(16)26)34-15-7(3-21)30-17(29)13(27)11(15)25;1-2/h5-29H,2-4H2,1H3;1-2H3. The molecule has 10 N–H and O–H groups in total. The van der Waals surface area contributed by atoms with Gasteiger partial charge in [-0.1, -0.05) is 20.8 Å². The van der Waals surface area contributed by atoms with E-state index in [1.807, 2.05) is 13.8 Å². The van der Waals surface area contributed by atoms with Crippen molar-refractivity contribution in [1.82, 2.24) is 0 Å². The van der Waals surface area contributed by atoms with Gasteiger partial charge in [-0.2, -0.15) is 0 Å². The molecule has 15 atom stereocenters. The third-order valence-corrected chi connectivity index (χ3v) is 6.43. The van der Waals surface area contributed by atoms with Gasteiger partial charge in [0.2, 0.25) is 0 Å². The smallest absolute Gasteiger partial charge is 0.187 e. The summed E-state index contributed by atoms with van der Waals surface area (Å²) in [5.74, 6) is -0.830. The van der Waals surface area contributed by atoms with Crippen molar-refractivity contribution in [3.63, 3.8) is 0 Å². The molecule has 15 nitrogen and oxygen atoms in total. The summed E-state index contributed by atoms with van der Waals surface area (Å²) in [7, 11) is 0. The summed E-state index contributed by atoms with van der Waals surface area (Å²) in [6.07, 6.45) is -21.3. The first-order valence-corrected chi connectivity index (χ1v) is 11.9. The van der Waals surface area contributed by atoms with Crippen molar-refractivity contribution in [3.05, 3.63) is 0 Å². The average molecular weight is 533 g/mol. The van der Waals surface area contributed by atoms with E-state index in [1.54, 1.807) is 0 Å². The molecule has 3 saturated heterocycles. The third-order valence-electron chi connectivity index (χ3n) is 6.43. The van der Waals surface area contributed by atoms with Gasteiger partial charge >= 0.3 is 0 Å². The monoisotopic (exact) mass is 532 g/mol. The Bertz CT molecular complexity index is 636. The number of hydrogen-bond donors (Lipinski definition) is 10. The van der Waals surface area contributed by atoms with E-state index in [4.69, 9.17) is 23.7 Å². The highest BCUT2D eigenvalue weighted by molar-refractivity contribution is 4.95. The second-order valence-electron chi connectivity index (χ2n) is 8.70. The Morgan fingerprint density at radius 2 is 0.972 bits per heavy atom. The molecule has 0 aromatic heterocycles. The molecule has 0 aromatic carbocycles. The van der Waals surface area contributed by atoms with Gasteiger partial charge in [0.25, 0.3) is 0 Å². The molecule has 0 radical (unpaired) electrons. The summed E-state index contributed by atoms with van der Waals surface area (Å²) in [6.45, 7) is 3.38. The molecule has 3 rings (SSSR count). The first-order chi connectivity index (χ1) is 17.0. The van der Waals surface area contributed by atoms with Gasteiger partial charge in [0.05, 0.1) is 25.9 Å². The molecule has 214 valence electrons. The Hall–Kier alpha value is -0.600. The van der Waals surface area contributed by atoms with Gasteiger partial charge in [0.15, 0.2) is 18.9 Å². The first-order valence-electron chi connectivity index (χ1n) is 11.9. The Balaban J connectivity index is 0.00000222. The van der Waals surface area contributed by atoms with Crippen LogP contribution in [0.15, 0.2) is 0 Å². The molecule has 15 unspecified atom stereocenters. The Morgan fingerprint density at radius 1 is 0.528 bits per heavy atom.